The standard InChI is InChI=1S/C20H20ClFN2O4/c1-12(25)23-17(11-14-3-2-4-16(22)9-14)19(26)24-18(20(27)28)10-13-5-7-15(21)8-6-13/h2-9,17-18H,10-11H2,1H3,(H,23,25)(H,24,26)(H,27,28)/t17-,18-/m0/s1. The van der Waals surface area contributed by atoms with E-state index in [1.54, 1.807) is 30.3 Å². The Bertz CT molecular complexity index is 858. The monoisotopic (exact) mass is 406 g/mol. The summed E-state index contributed by atoms with van der Waals surface area (Å²) in [5.41, 5.74) is 1.18. The summed E-state index contributed by atoms with van der Waals surface area (Å²) >= 11 is 5.82. The summed E-state index contributed by atoms with van der Waals surface area (Å²) in [6, 6.07) is 9.99. The fraction of sp³-hybridized carbons (Fsp3) is 0.250. The third-order valence-corrected chi connectivity index (χ3v) is 4.24. The number of nitrogens with one attached hydrogen (secondary N) is 2. The number of rotatable bonds is 8. The lowest BCUT2D eigenvalue weighted by Gasteiger charge is -2.21. The van der Waals surface area contributed by atoms with Crippen molar-refractivity contribution in [2.24, 2.45) is 0 Å². The number of amides is 2. The molecule has 0 saturated heterocycles. The fourth-order valence-corrected chi connectivity index (χ4v) is 2.81. The van der Waals surface area contributed by atoms with Crippen molar-refractivity contribution in [1.29, 1.82) is 0 Å². The molecule has 6 nitrogen and oxygen atoms in total. The number of carbonyl (C=O) groups excluding carboxylic acids is 2. The van der Waals surface area contributed by atoms with Gasteiger partial charge < -0.3 is 15.7 Å². The van der Waals surface area contributed by atoms with E-state index in [0.29, 0.717) is 16.1 Å². The Kier molecular flexibility index (Phi) is 7.52. The quantitative estimate of drug-likeness (QED) is 0.627. The SMILES string of the molecule is CC(=O)N[C@@H](Cc1cccc(F)c1)C(=O)N[C@@H](Cc1ccc(Cl)cc1)C(=O)O. The van der Waals surface area contributed by atoms with Gasteiger partial charge in [-0.25, -0.2) is 9.18 Å². The van der Waals surface area contributed by atoms with Crippen LogP contribution in [0.4, 0.5) is 4.39 Å². The summed E-state index contributed by atoms with van der Waals surface area (Å²) in [4.78, 5) is 35.7. The molecule has 0 aromatic heterocycles. The second kappa shape index (κ2) is 9.85. The number of carboxylic acid groups (broad SMARTS) is 1. The van der Waals surface area contributed by atoms with Crippen LogP contribution in [0.25, 0.3) is 0 Å². The van der Waals surface area contributed by atoms with Gasteiger partial charge in [0.05, 0.1) is 0 Å². The average Bonchev–Trinajstić information content (AvgIpc) is 2.62. The summed E-state index contributed by atoms with van der Waals surface area (Å²) in [6.45, 7) is 1.24. The zero-order chi connectivity index (χ0) is 20.7. The summed E-state index contributed by atoms with van der Waals surface area (Å²) in [7, 11) is 0. The van der Waals surface area contributed by atoms with Gasteiger partial charge >= 0.3 is 5.97 Å². The number of carbonyl (C=O) groups is 3. The van der Waals surface area contributed by atoms with Crippen molar-refractivity contribution in [2.45, 2.75) is 31.8 Å². The highest BCUT2D eigenvalue weighted by Gasteiger charge is 2.26. The predicted molar refractivity (Wildman–Crippen MR) is 102 cm³/mol. The first-order chi connectivity index (χ1) is 13.2. The summed E-state index contributed by atoms with van der Waals surface area (Å²) in [5, 5.41) is 14.9. The van der Waals surface area contributed by atoms with Gasteiger partial charge in [-0.3, -0.25) is 9.59 Å². The average molecular weight is 407 g/mol. The molecule has 0 saturated carbocycles. The Hall–Kier alpha value is -2.93. The van der Waals surface area contributed by atoms with Crippen LogP contribution in [0.1, 0.15) is 18.1 Å². The van der Waals surface area contributed by atoms with Gasteiger partial charge in [0.1, 0.15) is 17.9 Å². The van der Waals surface area contributed by atoms with Crippen molar-refractivity contribution < 1.29 is 23.9 Å². The minimum Gasteiger partial charge on any atom is -0.480 e. The smallest absolute Gasteiger partial charge is 0.326 e. The molecule has 148 valence electrons. The fourth-order valence-electron chi connectivity index (χ4n) is 2.68. The van der Waals surface area contributed by atoms with E-state index in [4.69, 9.17) is 11.6 Å². The maximum absolute atomic E-state index is 13.4. The van der Waals surface area contributed by atoms with Gasteiger partial charge in [0.2, 0.25) is 11.8 Å². The van der Waals surface area contributed by atoms with Crippen molar-refractivity contribution in [3.63, 3.8) is 0 Å². The van der Waals surface area contributed by atoms with Crippen molar-refractivity contribution in [1.82, 2.24) is 10.6 Å². The lowest BCUT2D eigenvalue weighted by Crippen LogP contribution is -2.52. The van der Waals surface area contributed by atoms with E-state index in [2.05, 4.69) is 10.6 Å². The maximum Gasteiger partial charge on any atom is 0.326 e. The topological polar surface area (TPSA) is 95.5 Å². The molecule has 0 radical (unpaired) electrons. The molecule has 28 heavy (non-hydrogen) atoms. The second-order valence-corrected chi connectivity index (χ2v) is 6.75. The minimum absolute atomic E-state index is 0.0243. The maximum atomic E-state index is 13.4. The molecule has 2 amide bonds. The Morgan fingerprint density at radius 1 is 1.00 bits per heavy atom. The van der Waals surface area contributed by atoms with E-state index in [1.165, 1.54) is 25.1 Å². The van der Waals surface area contributed by atoms with Crippen LogP contribution in [0, 0.1) is 5.82 Å². The predicted octanol–water partition coefficient (Wildman–Crippen LogP) is 2.34. The van der Waals surface area contributed by atoms with Gasteiger partial charge in [0.15, 0.2) is 0 Å². The molecule has 8 heteroatoms. The van der Waals surface area contributed by atoms with E-state index in [-0.39, 0.29) is 12.8 Å². The molecule has 0 heterocycles. The van der Waals surface area contributed by atoms with Crippen LogP contribution in [0.3, 0.4) is 0 Å². The van der Waals surface area contributed by atoms with Crippen molar-refractivity contribution in [3.8, 4) is 0 Å². The van der Waals surface area contributed by atoms with E-state index in [1.807, 2.05) is 0 Å². The molecule has 0 aliphatic rings. The first-order valence-electron chi connectivity index (χ1n) is 8.53. The van der Waals surface area contributed by atoms with Crippen LogP contribution in [0.15, 0.2) is 48.5 Å². The Balaban J connectivity index is 2.12. The number of aliphatic carboxylic acids is 1. The number of hydrogen-bond donors (Lipinski definition) is 3. The number of benzene rings is 2. The van der Waals surface area contributed by atoms with Crippen molar-refractivity contribution in [2.75, 3.05) is 0 Å². The molecule has 2 rings (SSSR count). The zero-order valence-corrected chi connectivity index (χ0v) is 15.9. The third-order valence-electron chi connectivity index (χ3n) is 3.99. The van der Waals surface area contributed by atoms with Gasteiger partial charge in [0.25, 0.3) is 0 Å². The minimum atomic E-state index is -1.21. The molecule has 3 N–H and O–H groups in total. The molecule has 0 aliphatic carbocycles. The van der Waals surface area contributed by atoms with Gasteiger partial charge in [0, 0.05) is 24.8 Å². The summed E-state index contributed by atoms with van der Waals surface area (Å²) in [6.07, 6.45) is 0.0709. The molecule has 0 aliphatic heterocycles. The Morgan fingerprint density at radius 2 is 1.64 bits per heavy atom. The van der Waals surface area contributed by atoms with Crippen molar-refractivity contribution in [3.05, 3.63) is 70.5 Å². The number of hydrogen-bond acceptors (Lipinski definition) is 3. The highest BCUT2D eigenvalue weighted by Crippen LogP contribution is 2.12. The molecule has 2 aromatic rings. The first-order valence-corrected chi connectivity index (χ1v) is 8.91. The van der Waals surface area contributed by atoms with Crippen LogP contribution in [0.2, 0.25) is 5.02 Å². The van der Waals surface area contributed by atoms with Crippen LogP contribution in [-0.2, 0) is 27.2 Å². The third kappa shape index (κ3) is 6.66. The normalized spacial score (nSPS) is 12.7. The van der Waals surface area contributed by atoms with Crippen LogP contribution in [0.5, 0.6) is 0 Å². The van der Waals surface area contributed by atoms with Crippen LogP contribution < -0.4 is 10.6 Å². The summed E-state index contributed by atoms with van der Waals surface area (Å²) in [5.74, 6) is -2.80. The first kappa shape index (κ1) is 21.4. The Labute approximate surface area is 166 Å². The van der Waals surface area contributed by atoms with E-state index in [0.717, 1.165) is 0 Å². The molecule has 0 unspecified atom stereocenters. The second-order valence-electron chi connectivity index (χ2n) is 6.32. The van der Waals surface area contributed by atoms with Gasteiger partial charge in [-0.2, -0.15) is 0 Å². The molecule has 2 aromatic carbocycles. The van der Waals surface area contributed by atoms with Gasteiger partial charge in [-0.15, -0.1) is 0 Å². The van der Waals surface area contributed by atoms with E-state index < -0.39 is 35.7 Å². The highest BCUT2D eigenvalue weighted by molar-refractivity contribution is 6.30. The number of carboxylic acids is 1. The lowest BCUT2D eigenvalue weighted by atomic mass is 10.0. The summed E-state index contributed by atoms with van der Waals surface area (Å²) < 4.78 is 13.4. The molecule has 2 atom stereocenters. The molecule has 0 fully saturated rings. The van der Waals surface area contributed by atoms with Crippen LogP contribution in [-0.4, -0.2) is 35.0 Å². The number of halogens is 2. The zero-order valence-electron chi connectivity index (χ0n) is 15.1. The highest BCUT2D eigenvalue weighted by atomic mass is 35.5. The molecular weight excluding hydrogens is 387 g/mol. The molecule has 0 bridgehead atoms. The van der Waals surface area contributed by atoms with Gasteiger partial charge in [-0.1, -0.05) is 35.9 Å². The van der Waals surface area contributed by atoms with Crippen LogP contribution >= 0.6 is 11.6 Å². The lowest BCUT2D eigenvalue weighted by molar-refractivity contribution is -0.142. The van der Waals surface area contributed by atoms with Crippen molar-refractivity contribution >= 4 is 29.4 Å². The van der Waals surface area contributed by atoms with E-state index >= 15 is 0 Å². The van der Waals surface area contributed by atoms with E-state index in [9.17, 15) is 23.9 Å². The largest absolute Gasteiger partial charge is 0.480 e. The Morgan fingerprint density at radius 3 is 2.21 bits per heavy atom. The van der Waals surface area contributed by atoms with Gasteiger partial charge in [-0.05, 0) is 35.4 Å². The molecular formula is C20H20ClFN2O4. The molecule has 0 spiro atoms.